The van der Waals surface area contributed by atoms with Crippen molar-refractivity contribution < 1.29 is 23.3 Å². The Bertz CT molecular complexity index is 604. The normalized spacial score (nSPS) is 29.7. The Kier molecular flexibility index (Phi) is 6.78. The Labute approximate surface area is 138 Å². The van der Waals surface area contributed by atoms with Crippen LogP contribution in [-0.4, -0.2) is 39.1 Å². The van der Waals surface area contributed by atoms with E-state index in [-0.39, 0.29) is 19.3 Å². The molecule has 124 valence electrons. The van der Waals surface area contributed by atoms with Crippen LogP contribution < -0.4 is 11.4 Å². The fraction of sp³-hybridized carbons (Fsp3) is 0.600. The molecule has 0 aliphatic carbocycles. The van der Waals surface area contributed by atoms with Crippen LogP contribution in [0.1, 0.15) is 13.2 Å². The van der Waals surface area contributed by atoms with Gasteiger partial charge in [-0.15, -0.1) is 4.52 Å². The number of alkyl halides is 1. The van der Waals surface area contributed by atoms with Crippen molar-refractivity contribution >= 4 is 38.8 Å². The first-order chi connectivity index (χ1) is 9.81. The minimum Gasteiger partial charge on any atom is -0.391 e. The van der Waals surface area contributed by atoms with E-state index in [0.29, 0.717) is 0 Å². The molecule has 0 saturated carbocycles. The van der Waals surface area contributed by atoms with Crippen molar-refractivity contribution in [1.82, 2.24) is 9.55 Å². The van der Waals surface area contributed by atoms with Crippen molar-refractivity contribution in [2.75, 3.05) is 5.73 Å². The average molecular weight is 372 g/mol. The van der Waals surface area contributed by atoms with Gasteiger partial charge in [-0.2, -0.15) is 18.5 Å². The van der Waals surface area contributed by atoms with Crippen LogP contribution in [0.25, 0.3) is 0 Å². The molecule has 2 rings (SSSR count). The largest absolute Gasteiger partial charge is 0.582 e. The van der Waals surface area contributed by atoms with E-state index in [1.54, 1.807) is 0 Å². The molecule has 0 bridgehead atoms. The molecule has 0 amide bonds. The molecular formula is C10H16FN3O5PS2+. The molecule has 2 unspecified atom stereocenters. The maximum absolute atomic E-state index is 14.4. The lowest BCUT2D eigenvalue weighted by Gasteiger charge is -2.17. The van der Waals surface area contributed by atoms with Gasteiger partial charge in [-0.1, -0.05) is 0 Å². The standard InChI is InChI=1S/C10H13FN3O5PS.H2S/c1-4(15)7-8(19-20(17)21)6(11)9(18-7)14-3-2-5(12)13-10(14)16;/h2-4,6-9,15H,1H3,(H2-,12,13,16,17,21);1H2/p+1/t4-,6-,7+,8?,9+;/m0./s1. The first-order valence-corrected chi connectivity index (χ1v) is 8.29. The molecule has 0 radical (unpaired) electrons. The number of aliphatic hydroxyl groups is 1. The predicted octanol–water partition coefficient (Wildman–Crippen LogP) is 0.527. The summed E-state index contributed by atoms with van der Waals surface area (Å²) < 4.78 is 36.6. The van der Waals surface area contributed by atoms with Gasteiger partial charge in [-0.05, 0) is 17.6 Å². The van der Waals surface area contributed by atoms with Crippen LogP contribution in [0.3, 0.4) is 0 Å². The second kappa shape index (κ2) is 7.71. The predicted molar refractivity (Wildman–Crippen MR) is 85.2 cm³/mol. The summed E-state index contributed by atoms with van der Waals surface area (Å²) >= 11 is 3.56. The Morgan fingerprint density at radius 3 is 2.82 bits per heavy atom. The fourth-order valence-corrected chi connectivity index (χ4v) is 2.88. The lowest BCUT2D eigenvalue weighted by molar-refractivity contribution is -0.0747. The van der Waals surface area contributed by atoms with Crippen LogP contribution in [0.2, 0.25) is 0 Å². The molecule has 1 aromatic rings. The number of anilines is 1. The molecule has 8 nitrogen and oxygen atoms in total. The SMILES string of the molecule is C[C@H](O)[C@H]1O[C@@H](n2ccc(N)nc2=O)[C@@H](F)C1O[P+](=O)S.S. The molecule has 1 aliphatic rings. The van der Waals surface area contributed by atoms with E-state index in [9.17, 15) is 18.9 Å². The highest BCUT2D eigenvalue weighted by molar-refractivity contribution is 8.39. The molecule has 22 heavy (non-hydrogen) atoms. The van der Waals surface area contributed by atoms with Crippen LogP contribution >= 0.6 is 33.0 Å². The smallest absolute Gasteiger partial charge is 0.391 e. The molecule has 2 heterocycles. The third kappa shape index (κ3) is 3.98. The van der Waals surface area contributed by atoms with Gasteiger partial charge in [0.15, 0.2) is 18.5 Å². The topological polar surface area (TPSA) is 117 Å². The number of hydrogen-bond acceptors (Lipinski definition) is 7. The molecule has 0 spiro atoms. The summed E-state index contributed by atoms with van der Waals surface area (Å²) in [6.45, 7) is 1.37. The summed E-state index contributed by atoms with van der Waals surface area (Å²) in [6.07, 6.45) is -5.48. The number of ether oxygens (including phenoxy) is 1. The van der Waals surface area contributed by atoms with Gasteiger partial charge < -0.3 is 15.6 Å². The first-order valence-electron chi connectivity index (χ1n) is 5.96. The number of aromatic nitrogens is 2. The highest BCUT2D eigenvalue weighted by atomic mass is 32.7. The van der Waals surface area contributed by atoms with Crippen molar-refractivity contribution in [2.24, 2.45) is 0 Å². The summed E-state index contributed by atoms with van der Waals surface area (Å²) in [4.78, 5) is 15.2. The molecule has 1 fully saturated rings. The maximum atomic E-state index is 14.4. The number of halogens is 1. The van der Waals surface area contributed by atoms with E-state index in [1.165, 1.54) is 19.2 Å². The summed E-state index contributed by atoms with van der Waals surface area (Å²) in [5.41, 5.74) is 4.55. The van der Waals surface area contributed by atoms with Gasteiger partial charge in [0.1, 0.15) is 24.2 Å². The number of hydrogen-bond donors (Lipinski definition) is 3. The molecule has 12 heteroatoms. The zero-order valence-electron chi connectivity index (χ0n) is 11.4. The molecule has 1 aliphatic heterocycles. The lowest BCUT2D eigenvalue weighted by atomic mass is 10.1. The van der Waals surface area contributed by atoms with Gasteiger partial charge >= 0.3 is 12.9 Å². The summed E-state index contributed by atoms with van der Waals surface area (Å²) in [7, 11) is -2.40. The zero-order chi connectivity index (χ0) is 15.7. The average Bonchev–Trinajstić information content (AvgIpc) is 2.67. The fourth-order valence-electron chi connectivity index (χ4n) is 2.11. The second-order valence-electron chi connectivity index (χ2n) is 4.53. The van der Waals surface area contributed by atoms with Gasteiger partial charge in [0.2, 0.25) is 0 Å². The Morgan fingerprint density at radius 1 is 1.68 bits per heavy atom. The number of nitrogen functional groups attached to an aromatic ring is 1. The molecule has 6 atom stereocenters. The summed E-state index contributed by atoms with van der Waals surface area (Å²) in [6, 6.07) is 1.31. The number of nitrogens with zero attached hydrogens (tertiary/aromatic N) is 2. The summed E-state index contributed by atoms with van der Waals surface area (Å²) in [5, 5.41) is 9.62. The van der Waals surface area contributed by atoms with Gasteiger partial charge in [0.05, 0.1) is 6.10 Å². The minimum absolute atomic E-state index is 0. The molecule has 3 N–H and O–H groups in total. The van der Waals surface area contributed by atoms with Crippen LogP contribution in [0.5, 0.6) is 0 Å². The quantitative estimate of drug-likeness (QED) is 0.521. The lowest BCUT2D eigenvalue weighted by Crippen LogP contribution is -2.37. The molecular weight excluding hydrogens is 356 g/mol. The molecule has 1 saturated heterocycles. The van der Waals surface area contributed by atoms with Crippen molar-refractivity contribution in [1.29, 1.82) is 0 Å². The van der Waals surface area contributed by atoms with E-state index in [0.717, 1.165) is 4.57 Å². The monoisotopic (exact) mass is 372 g/mol. The molecule has 1 aromatic heterocycles. The highest BCUT2D eigenvalue weighted by Crippen LogP contribution is 2.41. The van der Waals surface area contributed by atoms with Gasteiger partial charge in [-0.25, -0.2) is 9.18 Å². The van der Waals surface area contributed by atoms with E-state index >= 15 is 0 Å². The van der Waals surface area contributed by atoms with Gasteiger partial charge in [-0.3, -0.25) is 4.57 Å². The van der Waals surface area contributed by atoms with E-state index in [4.69, 9.17) is 15.0 Å². The first kappa shape index (κ1) is 19.3. The van der Waals surface area contributed by atoms with E-state index in [1.807, 2.05) is 0 Å². The minimum atomic E-state index is -2.40. The van der Waals surface area contributed by atoms with Crippen LogP contribution in [0.4, 0.5) is 10.2 Å². The maximum Gasteiger partial charge on any atom is 0.582 e. The van der Waals surface area contributed by atoms with Crippen molar-refractivity contribution in [2.45, 2.75) is 37.6 Å². The van der Waals surface area contributed by atoms with Crippen LogP contribution in [0.15, 0.2) is 17.1 Å². The van der Waals surface area contributed by atoms with Gasteiger partial charge in [0, 0.05) is 6.20 Å². The zero-order valence-corrected chi connectivity index (χ0v) is 14.2. The van der Waals surface area contributed by atoms with E-state index in [2.05, 4.69) is 17.2 Å². The highest BCUT2D eigenvalue weighted by Gasteiger charge is 2.52. The van der Waals surface area contributed by atoms with Crippen molar-refractivity contribution in [3.8, 4) is 0 Å². The van der Waals surface area contributed by atoms with Gasteiger partial charge in [0.25, 0.3) is 0 Å². The Hall–Kier alpha value is -0.710. The Morgan fingerprint density at radius 2 is 2.32 bits per heavy atom. The van der Waals surface area contributed by atoms with Crippen molar-refractivity contribution in [3.05, 3.63) is 22.7 Å². The number of thiol groups is 1. The number of rotatable bonds is 4. The third-order valence-corrected chi connectivity index (χ3v) is 3.73. The number of aliphatic hydroxyl groups excluding tert-OH is 1. The van der Waals surface area contributed by atoms with Crippen molar-refractivity contribution in [3.63, 3.8) is 0 Å². The summed E-state index contributed by atoms with van der Waals surface area (Å²) in [5.74, 6) is -0.0111. The third-order valence-electron chi connectivity index (χ3n) is 3.02. The number of nitrogens with two attached hydrogens (primary N) is 1. The van der Waals surface area contributed by atoms with Crippen LogP contribution in [-0.2, 0) is 13.8 Å². The van der Waals surface area contributed by atoms with Crippen LogP contribution in [0, 0.1) is 0 Å². The second-order valence-corrected chi connectivity index (χ2v) is 6.19. The Balaban J connectivity index is 0.00000242. The molecule has 0 aromatic carbocycles. The van der Waals surface area contributed by atoms with E-state index < -0.39 is 43.6 Å².